The van der Waals surface area contributed by atoms with Gasteiger partial charge in [0.05, 0.1) is 19.1 Å². The predicted octanol–water partition coefficient (Wildman–Crippen LogP) is 2.80. The summed E-state index contributed by atoms with van der Waals surface area (Å²) >= 11 is 1.84. The zero-order chi connectivity index (χ0) is 20.5. The lowest BCUT2D eigenvalue weighted by atomic mass is 9.99. The molecule has 4 aliphatic heterocycles. The average molecular weight is 435 g/mol. The number of rotatable bonds is 4. The monoisotopic (exact) mass is 434 g/mol. The Morgan fingerprint density at radius 2 is 1.87 bits per heavy atom. The summed E-state index contributed by atoms with van der Waals surface area (Å²) in [6.07, 6.45) is 11.2. The lowest BCUT2D eigenvalue weighted by Crippen LogP contribution is -2.47. The number of ether oxygens (including phenoxy) is 1. The lowest BCUT2D eigenvalue weighted by Gasteiger charge is -2.37. The van der Waals surface area contributed by atoms with Crippen molar-refractivity contribution in [2.45, 2.75) is 69.0 Å². The van der Waals surface area contributed by atoms with Crippen molar-refractivity contribution in [1.82, 2.24) is 20.1 Å². The van der Waals surface area contributed by atoms with Crippen LogP contribution in [0, 0.1) is 11.8 Å². The number of hydrogen-bond donors (Lipinski definition) is 2. The molecule has 8 heteroatoms. The molecule has 1 amide bonds. The lowest BCUT2D eigenvalue weighted by molar-refractivity contribution is -0.00228. The third-order valence-electron chi connectivity index (χ3n) is 7.64. The van der Waals surface area contributed by atoms with Crippen molar-refractivity contribution in [2.24, 2.45) is 11.8 Å². The van der Waals surface area contributed by atoms with Gasteiger partial charge in [0.2, 0.25) is 0 Å². The zero-order valence-corrected chi connectivity index (χ0v) is 18.7. The molecule has 1 saturated carbocycles. The van der Waals surface area contributed by atoms with Gasteiger partial charge >= 0.3 is 0 Å². The standard InChI is InChI=1S/C15H21N3O3S.C7H13N/c1-22-18-11-2-3-12(18)5-10(4-11)16-15(19)13-6-14(21-17-13)9-7-20-8-9;1-2-6-4-8-5-7(6)3-1/h6,9-12H,2-5,7-8H2,1H3,(H,16,19);6-8H,1-5H2/t10?,11-,12?;/m0./s1. The second kappa shape index (κ2) is 9.18. The van der Waals surface area contributed by atoms with Crippen LogP contribution in [0.15, 0.2) is 10.6 Å². The van der Waals surface area contributed by atoms with Gasteiger partial charge in [-0.2, -0.15) is 0 Å². The van der Waals surface area contributed by atoms with Gasteiger partial charge in [-0.05, 0) is 69.7 Å². The molecule has 5 fully saturated rings. The molecule has 0 radical (unpaired) electrons. The molecule has 5 heterocycles. The largest absolute Gasteiger partial charge is 0.380 e. The number of carbonyl (C=O) groups excluding carboxylic acids is 1. The van der Waals surface area contributed by atoms with Crippen molar-refractivity contribution < 1.29 is 14.1 Å². The first kappa shape index (κ1) is 20.8. The summed E-state index contributed by atoms with van der Waals surface area (Å²) in [7, 11) is 0. The van der Waals surface area contributed by atoms with Crippen LogP contribution in [-0.2, 0) is 4.74 Å². The minimum Gasteiger partial charge on any atom is -0.380 e. The fourth-order valence-electron chi connectivity index (χ4n) is 5.90. The van der Waals surface area contributed by atoms with Gasteiger partial charge in [-0.1, -0.05) is 23.5 Å². The number of aromatic nitrogens is 1. The fourth-order valence-corrected chi connectivity index (χ4v) is 6.88. The topological polar surface area (TPSA) is 79.6 Å². The molecule has 2 bridgehead atoms. The van der Waals surface area contributed by atoms with Gasteiger partial charge in [-0.3, -0.25) is 4.79 Å². The van der Waals surface area contributed by atoms with Gasteiger partial charge in [0, 0.05) is 24.2 Å². The van der Waals surface area contributed by atoms with Crippen molar-refractivity contribution in [3.8, 4) is 0 Å². The van der Waals surface area contributed by atoms with Crippen LogP contribution in [0.3, 0.4) is 0 Å². The first-order chi connectivity index (χ1) is 14.7. The number of nitrogens with zero attached hydrogens (tertiary/aromatic N) is 2. The molecule has 4 unspecified atom stereocenters. The van der Waals surface area contributed by atoms with Crippen molar-refractivity contribution in [3.63, 3.8) is 0 Å². The summed E-state index contributed by atoms with van der Waals surface area (Å²) in [5, 5.41) is 10.5. The number of nitrogens with one attached hydrogen (secondary N) is 2. The quantitative estimate of drug-likeness (QED) is 0.706. The molecule has 1 aromatic rings. The second-order valence-corrected chi connectivity index (χ2v) is 10.3. The van der Waals surface area contributed by atoms with Crippen LogP contribution in [0.5, 0.6) is 0 Å². The molecule has 166 valence electrons. The summed E-state index contributed by atoms with van der Waals surface area (Å²) in [4.78, 5) is 12.4. The Morgan fingerprint density at radius 3 is 2.47 bits per heavy atom. The van der Waals surface area contributed by atoms with Crippen molar-refractivity contribution in [2.75, 3.05) is 32.6 Å². The van der Waals surface area contributed by atoms with Gasteiger partial charge in [0.25, 0.3) is 5.91 Å². The molecule has 1 aliphatic carbocycles. The van der Waals surface area contributed by atoms with E-state index in [4.69, 9.17) is 9.26 Å². The molecule has 6 rings (SSSR count). The van der Waals surface area contributed by atoms with Crippen molar-refractivity contribution in [1.29, 1.82) is 0 Å². The van der Waals surface area contributed by atoms with E-state index in [2.05, 4.69) is 26.4 Å². The van der Waals surface area contributed by atoms with Crippen LogP contribution in [0.1, 0.15) is 67.1 Å². The summed E-state index contributed by atoms with van der Waals surface area (Å²) < 4.78 is 12.9. The van der Waals surface area contributed by atoms with Gasteiger partial charge in [-0.25, -0.2) is 4.31 Å². The third-order valence-corrected chi connectivity index (χ3v) is 8.66. The zero-order valence-electron chi connectivity index (χ0n) is 17.8. The Bertz CT molecular complexity index is 706. The van der Waals surface area contributed by atoms with E-state index in [-0.39, 0.29) is 17.9 Å². The van der Waals surface area contributed by atoms with Gasteiger partial charge in [0.1, 0.15) is 5.76 Å². The maximum Gasteiger partial charge on any atom is 0.273 e. The Labute approximate surface area is 183 Å². The maximum absolute atomic E-state index is 12.4. The molecule has 7 nitrogen and oxygen atoms in total. The second-order valence-electron chi connectivity index (χ2n) is 9.53. The molecule has 4 saturated heterocycles. The van der Waals surface area contributed by atoms with Crippen molar-refractivity contribution in [3.05, 3.63) is 17.5 Å². The van der Waals surface area contributed by atoms with Crippen LogP contribution < -0.4 is 10.6 Å². The molecule has 0 aromatic carbocycles. The first-order valence-corrected chi connectivity index (χ1v) is 12.8. The molecular weight excluding hydrogens is 400 g/mol. The highest BCUT2D eigenvalue weighted by molar-refractivity contribution is 7.96. The van der Waals surface area contributed by atoms with E-state index in [1.807, 2.05) is 11.9 Å². The average Bonchev–Trinajstić information content (AvgIpc) is 3.45. The number of hydrogen-bond acceptors (Lipinski definition) is 7. The molecule has 5 aliphatic rings. The van der Waals surface area contributed by atoms with Crippen LogP contribution >= 0.6 is 11.9 Å². The number of amides is 1. The van der Waals surface area contributed by atoms with E-state index in [0.717, 1.165) is 30.4 Å². The SMILES string of the molecule is C1CC2CNCC2C1.CSN1C2CC[C@H]1CC(NC(=O)c1cc(C3COC3)on1)C2. The fraction of sp³-hybridized carbons (Fsp3) is 0.818. The highest BCUT2D eigenvalue weighted by atomic mass is 32.2. The van der Waals surface area contributed by atoms with E-state index in [0.29, 0.717) is 31.0 Å². The van der Waals surface area contributed by atoms with E-state index in [9.17, 15) is 4.79 Å². The molecule has 5 atom stereocenters. The minimum absolute atomic E-state index is 0.114. The maximum atomic E-state index is 12.4. The van der Waals surface area contributed by atoms with E-state index in [1.54, 1.807) is 6.07 Å². The highest BCUT2D eigenvalue weighted by Crippen LogP contribution is 2.39. The predicted molar refractivity (Wildman–Crippen MR) is 116 cm³/mol. The van der Waals surface area contributed by atoms with Crippen LogP contribution in [0.4, 0.5) is 0 Å². The normalized spacial score (nSPS) is 35.4. The third kappa shape index (κ3) is 4.29. The molecule has 1 aromatic heterocycles. The van der Waals surface area contributed by atoms with Gasteiger partial charge < -0.3 is 19.9 Å². The van der Waals surface area contributed by atoms with Crippen LogP contribution in [0.2, 0.25) is 0 Å². The van der Waals surface area contributed by atoms with Crippen LogP contribution in [-0.4, -0.2) is 66.1 Å². The molecular formula is C22H34N4O3S. The Hall–Kier alpha value is -1.09. The summed E-state index contributed by atoms with van der Waals surface area (Å²) in [5.74, 6) is 3.03. The molecule has 30 heavy (non-hydrogen) atoms. The first-order valence-electron chi connectivity index (χ1n) is 11.6. The summed E-state index contributed by atoms with van der Waals surface area (Å²) in [6.45, 7) is 3.94. The Morgan fingerprint density at radius 1 is 1.17 bits per heavy atom. The van der Waals surface area contributed by atoms with E-state index < -0.39 is 0 Å². The van der Waals surface area contributed by atoms with Gasteiger partial charge in [0.15, 0.2) is 5.69 Å². The van der Waals surface area contributed by atoms with Crippen LogP contribution in [0.25, 0.3) is 0 Å². The van der Waals surface area contributed by atoms with E-state index >= 15 is 0 Å². The number of fused-ring (bicyclic) bond motifs is 3. The number of carbonyl (C=O) groups is 1. The van der Waals surface area contributed by atoms with Crippen molar-refractivity contribution >= 4 is 17.9 Å². The van der Waals surface area contributed by atoms with Gasteiger partial charge in [-0.15, -0.1) is 0 Å². The Balaban J connectivity index is 0.000000200. The molecule has 0 spiro atoms. The number of piperidine rings is 1. The van der Waals surface area contributed by atoms with E-state index in [1.165, 1.54) is 45.2 Å². The smallest absolute Gasteiger partial charge is 0.273 e. The summed E-state index contributed by atoms with van der Waals surface area (Å²) in [5.41, 5.74) is 0.390. The minimum atomic E-state index is -0.114. The summed E-state index contributed by atoms with van der Waals surface area (Å²) in [6, 6.07) is 3.20. The Kier molecular flexibility index (Phi) is 6.37. The molecule has 2 N–H and O–H groups in total. The highest BCUT2D eigenvalue weighted by Gasteiger charge is 2.41.